The number of carbonyl (C=O) groups excluding carboxylic acids is 1. The molecule has 4 rings (SSSR count). The first kappa shape index (κ1) is 26.2. The van der Waals surface area contributed by atoms with Crippen LogP contribution in [-0.2, 0) is 4.79 Å². The second-order valence-corrected chi connectivity index (χ2v) is 10.1. The number of ether oxygens (including phenoxy) is 2. The summed E-state index contributed by atoms with van der Waals surface area (Å²) in [5, 5.41) is 0. The molecule has 0 unspecified atom stereocenters. The molecular weight excluding hydrogens is 472 g/mol. The second kappa shape index (κ2) is 11.5. The number of rotatable bonds is 7. The zero-order valence-corrected chi connectivity index (χ0v) is 20.5. The summed E-state index contributed by atoms with van der Waals surface area (Å²) in [5.41, 5.74) is 0.584. The largest absolute Gasteiger partial charge is 0.486 e. The third kappa shape index (κ3) is 5.60. The molecule has 3 nitrogen and oxygen atoms in total. The van der Waals surface area contributed by atoms with Crippen molar-refractivity contribution in [3.8, 4) is 11.5 Å². The molecule has 194 valence electrons. The Kier molecular flexibility index (Phi) is 8.37. The highest BCUT2D eigenvalue weighted by molar-refractivity contribution is 5.75. The van der Waals surface area contributed by atoms with Crippen LogP contribution in [0.5, 0.6) is 11.5 Å². The van der Waals surface area contributed by atoms with Crippen molar-refractivity contribution in [2.45, 2.75) is 70.1 Å². The zero-order valence-electron chi connectivity index (χ0n) is 20.5. The van der Waals surface area contributed by atoms with Gasteiger partial charge < -0.3 is 9.47 Å². The molecule has 0 N–H and O–H groups in total. The zero-order chi connectivity index (χ0) is 25.8. The van der Waals surface area contributed by atoms with Crippen LogP contribution in [0, 0.1) is 35.1 Å². The van der Waals surface area contributed by atoms with Gasteiger partial charge in [0.25, 0.3) is 0 Å². The lowest BCUT2D eigenvalue weighted by atomic mass is 9.78. The first-order chi connectivity index (χ1) is 17.3. The Labute approximate surface area is 209 Å². The number of hydrogen-bond donors (Lipinski definition) is 0. The molecule has 0 heterocycles. The molecule has 0 aromatic heterocycles. The maximum Gasteiger partial charge on any atom is 0.314 e. The van der Waals surface area contributed by atoms with Crippen molar-refractivity contribution in [2.75, 3.05) is 6.61 Å². The van der Waals surface area contributed by atoms with Gasteiger partial charge in [-0.2, -0.15) is 8.78 Å². The molecule has 2 saturated carbocycles. The van der Waals surface area contributed by atoms with Crippen LogP contribution in [0.25, 0.3) is 0 Å². The Hall–Kier alpha value is -2.83. The van der Waals surface area contributed by atoms with Gasteiger partial charge in [0.2, 0.25) is 11.6 Å². The standard InChI is InChI=1S/C29H32F4O3/c1-3-16-35-23-14-12-21(25(30)27(23)32)19-8-10-20(11-9-19)29(34)36-24-15-13-22(26(31)28(24)33)18-6-4-17(2)5-7-18/h3,12-15,17-20H,1,4-11,16H2,2H3. The average Bonchev–Trinajstić information content (AvgIpc) is 2.88. The molecule has 2 fully saturated rings. The third-order valence-corrected chi connectivity index (χ3v) is 7.68. The predicted molar refractivity (Wildman–Crippen MR) is 129 cm³/mol. The number of esters is 1. The lowest BCUT2D eigenvalue weighted by Crippen LogP contribution is -2.26. The van der Waals surface area contributed by atoms with Gasteiger partial charge in [0, 0.05) is 0 Å². The van der Waals surface area contributed by atoms with Crippen LogP contribution in [0.2, 0.25) is 0 Å². The van der Waals surface area contributed by atoms with E-state index in [-0.39, 0.29) is 29.8 Å². The smallest absolute Gasteiger partial charge is 0.314 e. The topological polar surface area (TPSA) is 35.5 Å². The summed E-state index contributed by atoms with van der Waals surface area (Å²) in [4.78, 5) is 12.7. The molecule has 0 atom stereocenters. The van der Waals surface area contributed by atoms with E-state index in [9.17, 15) is 22.4 Å². The summed E-state index contributed by atoms with van der Waals surface area (Å²) in [7, 11) is 0. The lowest BCUT2D eigenvalue weighted by molar-refractivity contribution is -0.140. The van der Waals surface area contributed by atoms with E-state index in [1.807, 2.05) is 0 Å². The molecular formula is C29H32F4O3. The van der Waals surface area contributed by atoms with E-state index in [0.717, 1.165) is 25.7 Å². The van der Waals surface area contributed by atoms with E-state index in [1.54, 1.807) is 0 Å². The quantitative estimate of drug-likeness (QED) is 0.166. The van der Waals surface area contributed by atoms with Gasteiger partial charge in [0.05, 0.1) is 5.92 Å². The number of hydrogen-bond acceptors (Lipinski definition) is 3. The summed E-state index contributed by atoms with van der Waals surface area (Å²) in [6, 6.07) is 5.76. The molecule has 0 saturated heterocycles. The lowest BCUT2D eigenvalue weighted by Gasteiger charge is -2.28. The minimum atomic E-state index is -1.13. The Morgan fingerprint density at radius 2 is 1.31 bits per heavy atom. The molecule has 2 aliphatic carbocycles. The van der Waals surface area contributed by atoms with Crippen molar-refractivity contribution in [3.05, 3.63) is 71.3 Å². The molecule has 0 aliphatic heterocycles. The predicted octanol–water partition coefficient (Wildman–Crippen LogP) is 7.98. The molecule has 0 bridgehead atoms. The second-order valence-electron chi connectivity index (χ2n) is 10.1. The van der Waals surface area contributed by atoms with E-state index in [2.05, 4.69) is 13.5 Å². The van der Waals surface area contributed by atoms with E-state index in [0.29, 0.717) is 37.2 Å². The van der Waals surface area contributed by atoms with Crippen LogP contribution in [0.1, 0.15) is 81.3 Å². The van der Waals surface area contributed by atoms with Crippen molar-refractivity contribution in [2.24, 2.45) is 11.8 Å². The molecule has 2 aliphatic rings. The van der Waals surface area contributed by atoms with Crippen molar-refractivity contribution >= 4 is 5.97 Å². The molecule has 36 heavy (non-hydrogen) atoms. The van der Waals surface area contributed by atoms with Gasteiger partial charge in [-0.15, -0.1) is 0 Å². The maximum absolute atomic E-state index is 14.8. The van der Waals surface area contributed by atoms with Crippen LogP contribution in [0.3, 0.4) is 0 Å². The molecule has 2 aromatic carbocycles. The van der Waals surface area contributed by atoms with E-state index >= 15 is 0 Å². The molecule has 0 radical (unpaired) electrons. The Morgan fingerprint density at radius 1 is 0.806 bits per heavy atom. The number of benzene rings is 2. The van der Waals surface area contributed by atoms with Crippen LogP contribution >= 0.6 is 0 Å². The Bertz CT molecular complexity index is 1100. The SMILES string of the molecule is C=CCOc1ccc(C2CCC(C(=O)Oc3ccc(C4CCC(C)CC4)c(F)c3F)CC2)c(F)c1F. The average molecular weight is 505 g/mol. The van der Waals surface area contributed by atoms with Crippen molar-refractivity contribution < 1.29 is 31.8 Å². The summed E-state index contributed by atoms with van der Waals surface area (Å²) < 4.78 is 68.9. The highest BCUT2D eigenvalue weighted by Crippen LogP contribution is 2.41. The number of carbonyl (C=O) groups is 1. The maximum atomic E-state index is 14.8. The highest BCUT2D eigenvalue weighted by atomic mass is 19.2. The molecule has 2 aromatic rings. The number of halogens is 4. The summed E-state index contributed by atoms with van der Waals surface area (Å²) >= 11 is 0. The fourth-order valence-corrected chi connectivity index (χ4v) is 5.47. The first-order valence-electron chi connectivity index (χ1n) is 12.7. The van der Waals surface area contributed by atoms with Gasteiger partial charge in [-0.25, -0.2) is 8.78 Å². The van der Waals surface area contributed by atoms with Gasteiger partial charge in [-0.05, 0) is 79.5 Å². The van der Waals surface area contributed by atoms with E-state index in [4.69, 9.17) is 9.47 Å². The van der Waals surface area contributed by atoms with Gasteiger partial charge in [-0.1, -0.05) is 44.6 Å². The van der Waals surface area contributed by atoms with Crippen LogP contribution in [-0.4, -0.2) is 12.6 Å². The molecule has 7 heteroatoms. The van der Waals surface area contributed by atoms with Crippen molar-refractivity contribution in [1.82, 2.24) is 0 Å². The molecule has 0 amide bonds. The third-order valence-electron chi connectivity index (χ3n) is 7.68. The van der Waals surface area contributed by atoms with Crippen LogP contribution in [0.15, 0.2) is 36.9 Å². The summed E-state index contributed by atoms with van der Waals surface area (Å²) in [5.74, 6) is -5.50. The first-order valence-corrected chi connectivity index (χ1v) is 12.7. The monoisotopic (exact) mass is 504 g/mol. The summed E-state index contributed by atoms with van der Waals surface area (Å²) in [6.07, 6.45) is 6.67. The minimum absolute atomic E-state index is 0.0245. The molecule has 0 spiro atoms. The minimum Gasteiger partial charge on any atom is -0.486 e. The van der Waals surface area contributed by atoms with Crippen LogP contribution < -0.4 is 9.47 Å². The van der Waals surface area contributed by atoms with E-state index < -0.39 is 40.9 Å². The normalized spacial score (nSPS) is 24.2. The Balaban J connectivity index is 1.36. The fraction of sp³-hybridized carbons (Fsp3) is 0.483. The van der Waals surface area contributed by atoms with E-state index in [1.165, 1.54) is 30.3 Å². The van der Waals surface area contributed by atoms with Gasteiger partial charge in [0.1, 0.15) is 6.61 Å². The Morgan fingerprint density at radius 3 is 1.86 bits per heavy atom. The van der Waals surface area contributed by atoms with Crippen LogP contribution in [0.4, 0.5) is 17.6 Å². The summed E-state index contributed by atoms with van der Waals surface area (Å²) in [6.45, 7) is 5.71. The van der Waals surface area contributed by atoms with Crippen molar-refractivity contribution in [1.29, 1.82) is 0 Å². The van der Waals surface area contributed by atoms with Gasteiger partial charge in [0.15, 0.2) is 23.1 Å². The highest BCUT2D eigenvalue weighted by Gasteiger charge is 2.32. The van der Waals surface area contributed by atoms with Gasteiger partial charge >= 0.3 is 5.97 Å². The fourth-order valence-electron chi connectivity index (χ4n) is 5.47. The van der Waals surface area contributed by atoms with Crippen molar-refractivity contribution in [3.63, 3.8) is 0 Å². The van der Waals surface area contributed by atoms with Gasteiger partial charge in [-0.3, -0.25) is 4.79 Å².